The van der Waals surface area contributed by atoms with E-state index < -0.39 is 0 Å². The number of hydrogen-bond donors (Lipinski definition) is 3. The van der Waals surface area contributed by atoms with Gasteiger partial charge in [-0.3, -0.25) is 9.59 Å². The summed E-state index contributed by atoms with van der Waals surface area (Å²) in [5.74, 6) is 0.285. The Morgan fingerprint density at radius 1 is 1.06 bits per heavy atom. The summed E-state index contributed by atoms with van der Waals surface area (Å²) in [5.41, 5.74) is 11.4. The molecule has 0 bridgehead atoms. The summed E-state index contributed by atoms with van der Waals surface area (Å²) in [6.45, 7) is 10.0. The molecule has 0 spiro atoms. The summed E-state index contributed by atoms with van der Waals surface area (Å²) >= 11 is 0. The molecule has 178 valence electrons. The number of rotatable bonds is 7. The van der Waals surface area contributed by atoms with Crippen molar-refractivity contribution in [2.75, 3.05) is 17.6 Å². The molecule has 2 aromatic heterocycles. The van der Waals surface area contributed by atoms with Crippen molar-refractivity contribution >= 4 is 28.8 Å². The number of benzene rings is 2. The smallest absolute Gasteiger partial charge is 0.251 e. The predicted molar refractivity (Wildman–Crippen MR) is 137 cm³/mol. The van der Waals surface area contributed by atoms with Gasteiger partial charge in [0.15, 0.2) is 5.82 Å². The second kappa shape index (κ2) is 9.76. The average Bonchev–Trinajstić information content (AvgIpc) is 3.24. The molecule has 4 N–H and O–H groups in total. The molecule has 4 rings (SSSR count). The number of hydrogen-bond acceptors (Lipinski definition) is 6. The van der Waals surface area contributed by atoms with E-state index in [0.717, 1.165) is 16.7 Å². The fraction of sp³-hybridized carbons (Fsp3) is 0.192. The monoisotopic (exact) mass is 469 g/mol. The van der Waals surface area contributed by atoms with E-state index in [9.17, 15) is 9.59 Å². The Balaban J connectivity index is 1.74. The van der Waals surface area contributed by atoms with E-state index in [1.807, 2.05) is 38.1 Å². The Labute approximate surface area is 203 Å². The van der Waals surface area contributed by atoms with Crippen molar-refractivity contribution in [3.05, 3.63) is 72.6 Å². The number of amides is 2. The van der Waals surface area contributed by atoms with Gasteiger partial charge in [0.05, 0.1) is 0 Å². The van der Waals surface area contributed by atoms with Crippen molar-refractivity contribution in [1.29, 1.82) is 0 Å². The number of anilines is 2. The zero-order valence-corrected chi connectivity index (χ0v) is 19.9. The van der Waals surface area contributed by atoms with Crippen LogP contribution in [-0.4, -0.2) is 38.2 Å². The highest BCUT2D eigenvalue weighted by Gasteiger charge is 2.20. The minimum atomic E-state index is -0.244. The Bertz CT molecular complexity index is 1400. The van der Waals surface area contributed by atoms with Crippen LogP contribution in [0.15, 0.2) is 67.0 Å². The van der Waals surface area contributed by atoms with Crippen molar-refractivity contribution in [3.63, 3.8) is 0 Å². The van der Waals surface area contributed by atoms with E-state index in [1.54, 1.807) is 31.2 Å². The number of fused-ring (bicyclic) bond motifs is 1. The third-order valence-corrected chi connectivity index (χ3v) is 5.38. The molecule has 0 saturated heterocycles. The zero-order chi connectivity index (χ0) is 25.1. The van der Waals surface area contributed by atoms with Gasteiger partial charge in [-0.2, -0.15) is 0 Å². The molecule has 0 aliphatic heterocycles. The van der Waals surface area contributed by atoms with Gasteiger partial charge in [-0.25, -0.2) is 4.98 Å². The van der Waals surface area contributed by atoms with Gasteiger partial charge in [-0.05, 0) is 42.7 Å². The van der Waals surface area contributed by atoms with Crippen LogP contribution < -0.4 is 16.4 Å². The fourth-order valence-corrected chi connectivity index (χ4v) is 3.53. The second-order valence-electron chi connectivity index (χ2n) is 8.70. The third-order valence-electron chi connectivity index (χ3n) is 5.38. The van der Waals surface area contributed by atoms with Crippen molar-refractivity contribution in [2.24, 2.45) is 5.92 Å². The molecule has 0 atom stereocenters. The fourth-order valence-electron chi connectivity index (χ4n) is 3.53. The molecule has 0 saturated carbocycles. The van der Waals surface area contributed by atoms with E-state index in [4.69, 9.17) is 5.73 Å². The van der Waals surface area contributed by atoms with Gasteiger partial charge < -0.3 is 16.4 Å². The van der Waals surface area contributed by atoms with Gasteiger partial charge in [-0.15, -0.1) is 14.8 Å². The highest BCUT2D eigenvalue weighted by Crippen LogP contribution is 2.37. The van der Waals surface area contributed by atoms with Gasteiger partial charge in [0, 0.05) is 34.5 Å². The van der Waals surface area contributed by atoms with Crippen molar-refractivity contribution in [3.8, 4) is 22.4 Å². The van der Waals surface area contributed by atoms with Gasteiger partial charge in [0.1, 0.15) is 17.5 Å². The van der Waals surface area contributed by atoms with Crippen LogP contribution >= 0.6 is 0 Å². The minimum Gasteiger partial charge on any atom is -0.382 e. The normalized spacial score (nSPS) is 11.0. The number of nitrogens with two attached hydrogens (primary N) is 1. The summed E-state index contributed by atoms with van der Waals surface area (Å²) < 4.78 is 1.45. The Hall–Kier alpha value is -4.53. The summed E-state index contributed by atoms with van der Waals surface area (Å²) in [5, 5.41) is 14.6. The molecule has 0 aliphatic carbocycles. The molecular weight excluding hydrogens is 442 g/mol. The molecular formula is C26H27N7O2. The van der Waals surface area contributed by atoms with E-state index in [-0.39, 0.29) is 17.6 Å². The minimum absolute atomic E-state index is 0.124. The first-order valence-electron chi connectivity index (χ1n) is 11.2. The Morgan fingerprint density at radius 3 is 2.34 bits per heavy atom. The maximum atomic E-state index is 12.4. The summed E-state index contributed by atoms with van der Waals surface area (Å²) in [7, 11) is 0. The first-order valence-corrected chi connectivity index (χ1v) is 11.2. The van der Waals surface area contributed by atoms with Crippen LogP contribution in [0.25, 0.3) is 27.9 Å². The summed E-state index contributed by atoms with van der Waals surface area (Å²) in [6, 6.07) is 14.6. The van der Waals surface area contributed by atoms with Gasteiger partial charge in [-0.1, -0.05) is 44.7 Å². The lowest BCUT2D eigenvalue weighted by Crippen LogP contribution is -2.27. The SMILES string of the molecule is C=C(C)C(=O)Nc1ccc(-c2nn3ncnc(N)c3c2-c2ccc(C(=O)NCC(C)C)cc2)cc1. The molecule has 35 heavy (non-hydrogen) atoms. The first-order chi connectivity index (χ1) is 16.7. The standard InChI is InChI=1S/C26H27N7O2/c1-15(2)13-28-26(35)19-7-5-17(6-8-19)21-22(32-33-23(21)24(27)29-14-30-33)18-9-11-20(12-10-18)31-25(34)16(3)4/h5-12,14-15H,3,13H2,1-2,4H3,(H,28,35)(H,31,34)(H2,27,29,30). The number of nitrogen functional groups attached to an aromatic ring is 1. The lowest BCUT2D eigenvalue weighted by molar-refractivity contribution is -0.112. The van der Waals surface area contributed by atoms with Crippen LogP contribution in [0.3, 0.4) is 0 Å². The maximum Gasteiger partial charge on any atom is 0.251 e. The van der Waals surface area contributed by atoms with E-state index in [0.29, 0.717) is 40.5 Å². The lowest BCUT2D eigenvalue weighted by atomic mass is 9.98. The van der Waals surface area contributed by atoms with Crippen molar-refractivity contribution in [2.45, 2.75) is 20.8 Å². The Kier molecular flexibility index (Phi) is 6.59. The van der Waals surface area contributed by atoms with E-state index >= 15 is 0 Å². The lowest BCUT2D eigenvalue weighted by Gasteiger charge is -2.09. The molecule has 2 heterocycles. The second-order valence-corrected chi connectivity index (χ2v) is 8.70. The quantitative estimate of drug-likeness (QED) is 0.352. The van der Waals surface area contributed by atoms with Gasteiger partial charge in [0.2, 0.25) is 0 Å². The molecule has 0 radical (unpaired) electrons. The van der Waals surface area contributed by atoms with Crippen LogP contribution in [0.2, 0.25) is 0 Å². The number of carbonyl (C=O) groups is 2. The number of aromatic nitrogens is 4. The first kappa shape index (κ1) is 23.6. The average molecular weight is 470 g/mol. The molecule has 0 fully saturated rings. The molecule has 9 heteroatoms. The van der Waals surface area contributed by atoms with Crippen LogP contribution in [0.1, 0.15) is 31.1 Å². The topological polar surface area (TPSA) is 127 Å². The number of carbonyl (C=O) groups excluding carboxylic acids is 2. The summed E-state index contributed by atoms with van der Waals surface area (Å²) in [6.07, 6.45) is 1.35. The van der Waals surface area contributed by atoms with Crippen LogP contribution in [0.5, 0.6) is 0 Å². The van der Waals surface area contributed by atoms with E-state index in [1.165, 1.54) is 11.0 Å². The highest BCUT2D eigenvalue weighted by molar-refractivity contribution is 6.03. The Morgan fingerprint density at radius 2 is 1.71 bits per heavy atom. The van der Waals surface area contributed by atoms with Crippen LogP contribution in [0, 0.1) is 5.92 Å². The predicted octanol–water partition coefficient (Wildman–Crippen LogP) is 3.94. The molecule has 4 aromatic rings. The van der Waals surface area contributed by atoms with Gasteiger partial charge in [0.25, 0.3) is 11.8 Å². The molecule has 0 unspecified atom stereocenters. The molecule has 0 aliphatic rings. The maximum absolute atomic E-state index is 12.4. The van der Waals surface area contributed by atoms with Gasteiger partial charge >= 0.3 is 0 Å². The van der Waals surface area contributed by atoms with Crippen LogP contribution in [-0.2, 0) is 4.79 Å². The van der Waals surface area contributed by atoms with Crippen LogP contribution in [0.4, 0.5) is 11.5 Å². The number of nitrogens with zero attached hydrogens (tertiary/aromatic N) is 4. The zero-order valence-electron chi connectivity index (χ0n) is 19.9. The third kappa shape index (κ3) is 5.03. The largest absolute Gasteiger partial charge is 0.382 e. The number of nitrogens with one attached hydrogen (secondary N) is 2. The van der Waals surface area contributed by atoms with E-state index in [2.05, 4.69) is 32.4 Å². The summed E-state index contributed by atoms with van der Waals surface area (Å²) in [4.78, 5) is 28.5. The van der Waals surface area contributed by atoms with Crippen molar-refractivity contribution in [1.82, 2.24) is 25.1 Å². The molecule has 2 amide bonds. The highest BCUT2D eigenvalue weighted by atomic mass is 16.2. The molecule has 9 nitrogen and oxygen atoms in total. The molecule has 2 aromatic carbocycles. The van der Waals surface area contributed by atoms with Crippen molar-refractivity contribution < 1.29 is 9.59 Å².